The first-order valence-electron chi connectivity index (χ1n) is 11.0. The maximum atomic E-state index is 13.3. The first kappa shape index (κ1) is 21.7. The van der Waals surface area contributed by atoms with Crippen LogP contribution in [0.25, 0.3) is 0 Å². The van der Waals surface area contributed by atoms with Gasteiger partial charge in [0.15, 0.2) is 5.78 Å². The molecule has 32 heavy (non-hydrogen) atoms. The summed E-state index contributed by atoms with van der Waals surface area (Å²) in [6.45, 7) is 3.61. The van der Waals surface area contributed by atoms with Gasteiger partial charge in [0.05, 0.1) is 6.54 Å². The van der Waals surface area contributed by atoms with Crippen LogP contribution < -0.4 is 10.6 Å². The maximum Gasteiger partial charge on any atom is 0.325 e. The number of hydrogen-bond acceptors (Lipinski definition) is 4. The number of rotatable bonds is 6. The number of nitrogens with zero attached hydrogens (tertiary/aromatic N) is 1. The molecule has 2 N–H and O–H groups in total. The summed E-state index contributed by atoms with van der Waals surface area (Å²) in [7, 11) is 0. The van der Waals surface area contributed by atoms with Gasteiger partial charge < -0.3 is 10.6 Å². The number of Topliss-reactive ketones (excluding diaryl/α,β-unsaturated/α-hetero) is 1. The van der Waals surface area contributed by atoms with E-state index < -0.39 is 11.6 Å². The molecule has 0 saturated carbocycles. The molecule has 4 rings (SSSR count). The van der Waals surface area contributed by atoms with Gasteiger partial charge in [-0.05, 0) is 60.6 Å². The third-order valence-corrected chi connectivity index (χ3v) is 6.04. The van der Waals surface area contributed by atoms with Crippen LogP contribution in [0, 0.1) is 5.92 Å². The second-order valence-corrected chi connectivity index (χ2v) is 8.88. The van der Waals surface area contributed by atoms with Crippen molar-refractivity contribution in [1.29, 1.82) is 0 Å². The summed E-state index contributed by atoms with van der Waals surface area (Å²) < 4.78 is 0. The van der Waals surface area contributed by atoms with Crippen molar-refractivity contribution in [3.8, 4) is 0 Å². The highest BCUT2D eigenvalue weighted by Gasteiger charge is 2.54. The van der Waals surface area contributed by atoms with Crippen molar-refractivity contribution < 1.29 is 19.2 Å². The van der Waals surface area contributed by atoms with Crippen molar-refractivity contribution in [2.45, 2.75) is 45.1 Å². The number of anilines is 1. The molecule has 7 heteroatoms. The van der Waals surface area contributed by atoms with Crippen molar-refractivity contribution in [3.05, 3.63) is 65.2 Å². The molecule has 2 aromatic rings. The molecule has 1 atom stereocenters. The molecular weight excluding hydrogens is 406 g/mol. The molecule has 4 amide bonds. The number of aryl methyl sites for hydroxylation is 1. The fraction of sp³-hybridized carbons (Fsp3) is 0.360. The number of amides is 4. The molecule has 166 valence electrons. The van der Waals surface area contributed by atoms with Crippen LogP contribution in [0.3, 0.4) is 0 Å². The Hall–Kier alpha value is -3.48. The van der Waals surface area contributed by atoms with Crippen LogP contribution in [0.2, 0.25) is 0 Å². The second-order valence-electron chi connectivity index (χ2n) is 8.88. The van der Waals surface area contributed by atoms with Crippen LogP contribution in [0.15, 0.2) is 48.5 Å². The minimum atomic E-state index is -1.09. The SMILES string of the molecule is CC(C)CC(=O)Nc1ccc(C(=O)CN2C(=O)N[C@]3(CCCc4ccccc43)C2=O)cc1. The Balaban J connectivity index is 1.47. The van der Waals surface area contributed by atoms with Gasteiger partial charge >= 0.3 is 6.03 Å². The highest BCUT2D eigenvalue weighted by Crippen LogP contribution is 2.39. The molecule has 1 saturated heterocycles. The zero-order chi connectivity index (χ0) is 22.9. The van der Waals surface area contributed by atoms with Gasteiger partial charge in [-0.3, -0.25) is 19.3 Å². The van der Waals surface area contributed by atoms with Gasteiger partial charge in [-0.15, -0.1) is 0 Å². The minimum absolute atomic E-state index is 0.0866. The van der Waals surface area contributed by atoms with Gasteiger partial charge in [0.25, 0.3) is 5.91 Å². The minimum Gasteiger partial charge on any atom is -0.326 e. The van der Waals surface area contributed by atoms with Crippen molar-refractivity contribution in [1.82, 2.24) is 10.2 Å². The molecule has 0 radical (unpaired) electrons. The molecular formula is C25H27N3O4. The van der Waals surface area contributed by atoms with Crippen LogP contribution in [0.5, 0.6) is 0 Å². The van der Waals surface area contributed by atoms with Gasteiger partial charge in [0, 0.05) is 17.7 Å². The average molecular weight is 434 g/mol. The lowest BCUT2D eigenvalue weighted by Gasteiger charge is -2.33. The van der Waals surface area contributed by atoms with Gasteiger partial charge in [-0.1, -0.05) is 38.1 Å². The van der Waals surface area contributed by atoms with Gasteiger partial charge in [-0.2, -0.15) is 0 Å². The topological polar surface area (TPSA) is 95.6 Å². The van der Waals surface area contributed by atoms with Gasteiger partial charge in [0.1, 0.15) is 5.54 Å². The normalized spacial score (nSPS) is 19.8. The number of urea groups is 1. The van der Waals surface area contributed by atoms with E-state index in [9.17, 15) is 19.2 Å². The monoisotopic (exact) mass is 433 g/mol. The summed E-state index contributed by atoms with van der Waals surface area (Å²) in [6.07, 6.45) is 2.58. The van der Waals surface area contributed by atoms with Crippen molar-refractivity contribution in [2.24, 2.45) is 5.92 Å². The van der Waals surface area contributed by atoms with E-state index in [1.807, 2.05) is 38.1 Å². The molecule has 2 aromatic carbocycles. The van der Waals surface area contributed by atoms with E-state index in [1.54, 1.807) is 24.3 Å². The van der Waals surface area contributed by atoms with Gasteiger partial charge in [0.2, 0.25) is 5.91 Å². The van der Waals surface area contributed by atoms with Crippen LogP contribution in [-0.4, -0.2) is 35.1 Å². The van der Waals surface area contributed by atoms with E-state index >= 15 is 0 Å². The average Bonchev–Trinajstić information content (AvgIpc) is 2.98. The summed E-state index contributed by atoms with van der Waals surface area (Å²) in [5.41, 5.74) is 1.76. The van der Waals surface area contributed by atoms with E-state index in [0.29, 0.717) is 24.1 Å². The third kappa shape index (κ3) is 4.02. The molecule has 0 unspecified atom stereocenters. The van der Waals surface area contributed by atoms with Gasteiger partial charge in [-0.25, -0.2) is 4.79 Å². The summed E-state index contributed by atoms with van der Waals surface area (Å²) in [5, 5.41) is 5.66. The lowest BCUT2D eigenvalue weighted by atomic mass is 9.76. The zero-order valence-corrected chi connectivity index (χ0v) is 18.3. The van der Waals surface area contributed by atoms with Crippen molar-refractivity contribution in [3.63, 3.8) is 0 Å². The lowest BCUT2D eigenvalue weighted by molar-refractivity contribution is -0.131. The summed E-state index contributed by atoms with van der Waals surface area (Å²) in [4.78, 5) is 51.8. The van der Waals surface area contributed by atoms with E-state index in [-0.39, 0.29) is 30.1 Å². The Bertz CT molecular complexity index is 1080. The first-order chi connectivity index (χ1) is 15.3. The Morgan fingerprint density at radius 3 is 2.53 bits per heavy atom. The van der Waals surface area contributed by atoms with E-state index in [0.717, 1.165) is 28.9 Å². The molecule has 1 heterocycles. The van der Waals surface area contributed by atoms with Crippen LogP contribution >= 0.6 is 0 Å². The largest absolute Gasteiger partial charge is 0.326 e. The Labute approximate surface area is 187 Å². The number of ketones is 1. The molecule has 2 aliphatic rings. The molecule has 7 nitrogen and oxygen atoms in total. The molecule has 1 spiro atoms. The van der Waals surface area contributed by atoms with E-state index in [1.165, 1.54) is 0 Å². The predicted molar refractivity (Wildman–Crippen MR) is 120 cm³/mol. The number of nitrogens with one attached hydrogen (secondary N) is 2. The van der Waals surface area contributed by atoms with Crippen LogP contribution in [0.4, 0.5) is 10.5 Å². The Morgan fingerprint density at radius 1 is 1.09 bits per heavy atom. The molecule has 0 bridgehead atoms. The number of fused-ring (bicyclic) bond motifs is 2. The number of imide groups is 1. The highest BCUT2D eigenvalue weighted by molar-refractivity contribution is 6.11. The maximum absolute atomic E-state index is 13.3. The first-order valence-corrected chi connectivity index (χ1v) is 11.0. The molecule has 1 fully saturated rings. The third-order valence-electron chi connectivity index (χ3n) is 6.04. The Morgan fingerprint density at radius 2 is 1.81 bits per heavy atom. The summed E-state index contributed by atoms with van der Waals surface area (Å²) >= 11 is 0. The lowest BCUT2D eigenvalue weighted by Crippen LogP contribution is -2.46. The molecule has 1 aliphatic carbocycles. The molecule has 1 aliphatic heterocycles. The fourth-order valence-electron chi connectivity index (χ4n) is 4.51. The highest BCUT2D eigenvalue weighted by atomic mass is 16.2. The quantitative estimate of drug-likeness (QED) is 0.537. The number of benzene rings is 2. The van der Waals surface area contributed by atoms with Crippen molar-refractivity contribution >= 4 is 29.3 Å². The summed E-state index contributed by atoms with van der Waals surface area (Å²) in [5.74, 6) is -0.550. The van der Waals surface area contributed by atoms with Crippen molar-refractivity contribution in [2.75, 3.05) is 11.9 Å². The van der Waals surface area contributed by atoms with Crippen LogP contribution in [-0.2, 0) is 21.5 Å². The Kier molecular flexibility index (Phi) is 5.82. The van der Waals surface area contributed by atoms with E-state index in [4.69, 9.17) is 0 Å². The number of carbonyl (C=O) groups excluding carboxylic acids is 4. The molecule has 0 aromatic heterocycles. The van der Waals surface area contributed by atoms with Crippen LogP contribution in [0.1, 0.15) is 54.6 Å². The second kappa shape index (κ2) is 8.57. The number of carbonyl (C=O) groups is 4. The zero-order valence-electron chi connectivity index (χ0n) is 18.3. The standard InChI is InChI=1S/C25H27N3O4/c1-16(2)14-22(30)26-19-11-9-18(10-12-19)21(29)15-28-23(31)25(27-24(28)32)13-5-7-17-6-3-4-8-20(17)25/h3-4,6,8-12,16H,5,7,13-15H2,1-2H3,(H,26,30)(H,27,32)/t25-/m0/s1. The fourth-order valence-corrected chi connectivity index (χ4v) is 4.51. The smallest absolute Gasteiger partial charge is 0.325 e. The summed E-state index contributed by atoms with van der Waals surface area (Å²) in [6, 6.07) is 13.6. The van der Waals surface area contributed by atoms with E-state index in [2.05, 4.69) is 10.6 Å². The number of hydrogen-bond donors (Lipinski definition) is 2. The predicted octanol–water partition coefficient (Wildman–Crippen LogP) is 3.64.